The van der Waals surface area contributed by atoms with Crippen LogP contribution >= 0.6 is 0 Å². The second kappa shape index (κ2) is 3.36. The molecule has 1 aromatic rings. The van der Waals surface area contributed by atoms with Crippen molar-refractivity contribution in [1.82, 2.24) is 0 Å². The first-order valence-electron chi connectivity index (χ1n) is 5.86. The van der Waals surface area contributed by atoms with Crippen LogP contribution in [0.25, 0.3) is 5.57 Å². The number of rotatable bonds is 1. The van der Waals surface area contributed by atoms with Crippen molar-refractivity contribution in [2.75, 3.05) is 0 Å². The number of hydrogen-bond acceptors (Lipinski definition) is 3. The third kappa shape index (κ3) is 1.38. The molecule has 0 unspecified atom stereocenters. The summed E-state index contributed by atoms with van der Waals surface area (Å²) in [6, 6.07) is 7.54. The van der Waals surface area contributed by atoms with Gasteiger partial charge in [-0.05, 0) is 31.7 Å². The molecule has 3 rings (SSSR count). The van der Waals surface area contributed by atoms with Crippen molar-refractivity contribution < 1.29 is 14.6 Å². The van der Waals surface area contributed by atoms with Gasteiger partial charge >= 0.3 is 5.97 Å². The summed E-state index contributed by atoms with van der Waals surface area (Å²) in [5.74, 6) is -0.274. The summed E-state index contributed by atoms with van der Waals surface area (Å²) in [6.45, 7) is 1.98. The van der Waals surface area contributed by atoms with Crippen molar-refractivity contribution in [3.63, 3.8) is 0 Å². The summed E-state index contributed by atoms with van der Waals surface area (Å²) in [5, 5.41) is 10.2. The Hall–Kier alpha value is -1.77. The van der Waals surface area contributed by atoms with E-state index in [0.29, 0.717) is 5.57 Å². The minimum Gasteiger partial charge on any atom is -0.507 e. The van der Waals surface area contributed by atoms with Crippen LogP contribution in [0.4, 0.5) is 0 Å². The molecule has 88 valence electrons. The van der Waals surface area contributed by atoms with Crippen molar-refractivity contribution in [2.45, 2.75) is 31.8 Å². The highest BCUT2D eigenvalue weighted by molar-refractivity contribution is 6.19. The molecule has 0 saturated heterocycles. The fraction of sp³-hybridized carbons (Fsp3) is 0.357. The van der Waals surface area contributed by atoms with Crippen molar-refractivity contribution >= 4 is 11.5 Å². The minimum atomic E-state index is -0.697. The van der Waals surface area contributed by atoms with Crippen molar-refractivity contribution in [3.8, 4) is 0 Å². The van der Waals surface area contributed by atoms with Gasteiger partial charge in [-0.1, -0.05) is 29.8 Å². The van der Waals surface area contributed by atoms with Gasteiger partial charge in [-0.2, -0.15) is 0 Å². The summed E-state index contributed by atoms with van der Waals surface area (Å²) in [5.41, 5.74) is 1.50. The average Bonchev–Trinajstić information content (AvgIpc) is 2.52. The topological polar surface area (TPSA) is 46.5 Å². The van der Waals surface area contributed by atoms with Crippen LogP contribution in [0.15, 0.2) is 30.0 Å². The first kappa shape index (κ1) is 10.4. The molecule has 1 aromatic carbocycles. The Balaban J connectivity index is 2.07. The molecule has 1 spiro atoms. The lowest BCUT2D eigenvalue weighted by Crippen LogP contribution is -2.39. The number of aliphatic hydroxyl groups excluding tert-OH is 1. The van der Waals surface area contributed by atoms with Crippen LogP contribution in [0.1, 0.15) is 30.4 Å². The van der Waals surface area contributed by atoms with Crippen LogP contribution < -0.4 is 0 Å². The molecule has 0 aromatic heterocycles. The number of esters is 1. The molecule has 2 aliphatic rings. The van der Waals surface area contributed by atoms with E-state index in [9.17, 15) is 9.90 Å². The number of carbonyl (C=O) groups is 1. The van der Waals surface area contributed by atoms with Gasteiger partial charge in [-0.3, -0.25) is 0 Å². The first-order chi connectivity index (χ1) is 8.12. The van der Waals surface area contributed by atoms with E-state index in [0.717, 1.165) is 30.4 Å². The summed E-state index contributed by atoms with van der Waals surface area (Å²) in [7, 11) is 0. The number of hydrogen-bond donors (Lipinski definition) is 1. The van der Waals surface area contributed by atoms with Gasteiger partial charge in [0.25, 0.3) is 0 Å². The lowest BCUT2D eigenvalue weighted by Gasteiger charge is -2.36. The standard InChI is InChI=1S/C14H14O3/c1-9-3-5-10(6-4-9)11-12(15)14(7-2-8-14)17-13(11)16/h3-6,15H,2,7-8H2,1H3. The number of carbonyl (C=O) groups excluding carboxylic acids is 1. The van der Waals surface area contributed by atoms with Crippen LogP contribution in [-0.4, -0.2) is 16.7 Å². The van der Waals surface area contributed by atoms with E-state index >= 15 is 0 Å². The van der Waals surface area contributed by atoms with Gasteiger partial charge in [0.05, 0.1) is 0 Å². The molecule has 0 amide bonds. The molecule has 1 heterocycles. The zero-order valence-electron chi connectivity index (χ0n) is 9.69. The summed E-state index contributed by atoms with van der Waals surface area (Å²) < 4.78 is 5.33. The van der Waals surface area contributed by atoms with E-state index in [4.69, 9.17) is 4.74 Å². The van der Waals surface area contributed by atoms with Crippen molar-refractivity contribution in [2.24, 2.45) is 0 Å². The Kier molecular flexibility index (Phi) is 2.05. The summed E-state index contributed by atoms with van der Waals surface area (Å²) in [4.78, 5) is 11.8. The molecule has 17 heavy (non-hydrogen) atoms. The maximum absolute atomic E-state index is 11.8. The van der Waals surface area contributed by atoms with E-state index < -0.39 is 11.6 Å². The lowest BCUT2D eigenvalue weighted by molar-refractivity contribution is -0.154. The normalized spacial score (nSPS) is 21.6. The number of benzene rings is 1. The van der Waals surface area contributed by atoms with Gasteiger partial charge in [-0.15, -0.1) is 0 Å². The maximum atomic E-state index is 11.8. The summed E-state index contributed by atoms with van der Waals surface area (Å²) in [6.07, 6.45) is 2.47. The Bertz CT molecular complexity index is 507. The van der Waals surface area contributed by atoms with Gasteiger partial charge < -0.3 is 9.84 Å². The van der Waals surface area contributed by atoms with Crippen LogP contribution in [0.3, 0.4) is 0 Å². The van der Waals surface area contributed by atoms with E-state index in [1.807, 2.05) is 31.2 Å². The van der Waals surface area contributed by atoms with E-state index in [1.165, 1.54) is 0 Å². The monoisotopic (exact) mass is 230 g/mol. The molecule has 1 N–H and O–H groups in total. The lowest BCUT2D eigenvalue weighted by atomic mass is 9.78. The van der Waals surface area contributed by atoms with Gasteiger partial charge in [-0.25, -0.2) is 4.79 Å². The molecule has 1 aliphatic heterocycles. The largest absolute Gasteiger partial charge is 0.507 e. The number of aryl methyl sites for hydroxylation is 1. The zero-order chi connectivity index (χ0) is 12.0. The fourth-order valence-electron chi connectivity index (χ4n) is 2.41. The molecule has 3 nitrogen and oxygen atoms in total. The predicted molar refractivity (Wildman–Crippen MR) is 63.4 cm³/mol. The zero-order valence-corrected chi connectivity index (χ0v) is 9.69. The van der Waals surface area contributed by atoms with Crippen molar-refractivity contribution in [3.05, 3.63) is 41.2 Å². The minimum absolute atomic E-state index is 0.123. The van der Waals surface area contributed by atoms with Gasteiger partial charge in [0, 0.05) is 0 Å². The fourth-order valence-corrected chi connectivity index (χ4v) is 2.41. The van der Waals surface area contributed by atoms with Crippen LogP contribution in [0, 0.1) is 6.92 Å². The van der Waals surface area contributed by atoms with Gasteiger partial charge in [0.1, 0.15) is 5.57 Å². The molecule has 3 heteroatoms. The van der Waals surface area contributed by atoms with E-state index in [1.54, 1.807) is 0 Å². The first-order valence-corrected chi connectivity index (χ1v) is 5.86. The highest BCUT2D eigenvalue weighted by Gasteiger charge is 2.52. The smallest absolute Gasteiger partial charge is 0.343 e. The second-order valence-corrected chi connectivity index (χ2v) is 4.83. The molecular weight excluding hydrogens is 216 g/mol. The van der Waals surface area contributed by atoms with E-state index in [2.05, 4.69) is 0 Å². The molecule has 1 aliphatic carbocycles. The molecule has 0 atom stereocenters. The van der Waals surface area contributed by atoms with Crippen LogP contribution in [0.2, 0.25) is 0 Å². The Morgan fingerprint density at radius 2 is 1.88 bits per heavy atom. The average molecular weight is 230 g/mol. The SMILES string of the molecule is Cc1ccc(C2=C(O)C3(CCC3)OC2=O)cc1. The molecular formula is C14H14O3. The quantitative estimate of drug-likeness (QED) is 0.754. The van der Waals surface area contributed by atoms with Crippen molar-refractivity contribution in [1.29, 1.82) is 0 Å². The van der Waals surface area contributed by atoms with Gasteiger partial charge in [0.2, 0.25) is 0 Å². The summed E-state index contributed by atoms with van der Waals surface area (Å²) >= 11 is 0. The Morgan fingerprint density at radius 1 is 1.24 bits per heavy atom. The number of aliphatic hydroxyl groups is 1. The Morgan fingerprint density at radius 3 is 2.35 bits per heavy atom. The Labute approximate surface area is 99.7 Å². The highest BCUT2D eigenvalue weighted by atomic mass is 16.6. The van der Waals surface area contributed by atoms with Crippen LogP contribution in [-0.2, 0) is 9.53 Å². The molecule has 0 bridgehead atoms. The second-order valence-electron chi connectivity index (χ2n) is 4.83. The molecule has 1 saturated carbocycles. The highest BCUT2D eigenvalue weighted by Crippen LogP contribution is 2.48. The van der Waals surface area contributed by atoms with Crippen LogP contribution in [0.5, 0.6) is 0 Å². The third-order valence-corrected chi connectivity index (χ3v) is 3.66. The van der Waals surface area contributed by atoms with Gasteiger partial charge in [0.15, 0.2) is 11.4 Å². The van der Waals surface area contributed by atoms with E-state index in [-0.39, 0.29) is 5.76 Å². The number of ether oxygens (including phenoxy) is 1. The maximum Gasteiger partial charge on any atom is 0.343 e. The molecule has 0 radical (unpaired) electrons. The predicted octanol–water partition coefficient (Wildman–Crippen LogP) is 2.74. The third-order valence-electron chi connectivity index (χ3n) is 3.66. The molecule has 1 fully saturated rings.